The molecule has 1 aromatic carbocycles. The third-order valence-corrected chi connectivity index (χ3v) is 2.78. The minimum Gasteiger partial charge on any atom is -0.368 e. The van der Waals surface area contributed by atoms with Gasteiger partial charge >= 0.3 is 5.69 Å². The normalized spacial score (nSPS) is 10.5. The first-order valence-electron chi connectivity index (χ1n) is 5.90. The Morgan fingerprint density at radius 1 is 1.19 bits per heavy atom. The molecule has 21 heavy (non-hydrogen) atoms. The molecule has 0 saturated heterocycles. The predicted octanol–water partition coefficient (Wildman–Crippen LogP) is 1.21. The highest BCUT2D eigenvalue weighted by Crippen LogP contribution is 2.28. The van der Waals surface area contributed by atoms with Crippen molar-refractivity contribution in [2.24, 2.45) is 0 Å². The van der Waals surface area contributed by atoms with Gasteiger partial charge in [0.1, 0.15) is 11.9 Å². The number of nitrogens with zero attached hydrogens (tertiary/aromatic N) is 6. The van der Waals surface area contributed by atoms with Gasteiger partial charge in [-0.15, -0.1) is 5.10 Å². The van der Waals surface area contributed by atoms with Gasteiger partial charge in [0.15, 0.2) is 5.69 Å². The Balaban J connectivity index is 2.21. The van der Waals surface area contributed by atoms with Crippen LogP contribution in [0.5, 0.6) is 0 Å². The molecule has 0 radical (unpaired) electrons. The van der Waals surface area contributed by atoms with E-state index < -0.39 is 4.92 Å². The van der Waals surface area contributed by atoms with Gasteiger partial charge in [-0.2, -0.15) is 0 Å². The van der Waals surface area contributed by atoms with Gasteiger partial charge in [-0.1, -0.05) is 23.4 Å². The van der Waals surface area contributed by atoms with Crippen molar-refractivity contribution >= 4 is 11.6 Å². The molecule has 104 valence electrons. The molecule has 9 nitrogen and oxygen atoms in total. The number of rotatable bonds is 3. The largest absolute Gasteiger partial charge is 0.368 e. The zero-order valence-electron chi connectivity index (χ0n) is 10.6. The van der Waals surface area contributed by atoms with E-state index in [9.17, 15) is 10.1 Å². The number of hydrogen-bond donors (Lipinski definition) is 1. The fraction of sp³-hybridized carbons (Fsp3) is 0. The smallest absolute Gasteiger partial charge is 0.315 e. The molecular formula is C12H9N7O2. The fourth-order valence-electron chi connectivity index (χ4n) is 1.87. The second-order valence-corrected chi connectivity index (χ2v) is 4.09. The first-order chi connectivity index (χ1) is 10.2. The van der Waals surface area contributed by atoms with Gasteiger partial charge in [-0.3, -0.25) is 10.1 Å². The summed E-state index contributed by atoms with van der Waals surface area (Å²) in [5.74, 6) is -0.0589. The zero-order valence-corrected chi connectivity index (χ0v) is 10.6. The minimum atomic E-state index is -0.572. The Morgan fingerprint density at radius 2 is 1.95 bits per heavy atom. The molecule has 0 saturated carbocycles. The lowest BCUT2D eigenvalue weighted by Gasteiger charge is -2.06. The van der Waals surface area contributed by atoms with Crippen molar-refractivity contribution in [3.05, 3.63) is 52.8 Å². The monoisotopic (exact) mass is 283 g/mol. The van der Waals surface area contributed by atoms with Crippen LogP contribution in [0.4, 0.5) is 11.6 Å². The van der Waals surface area contributed by atoms with E-state index in [0.29, 0.717) is 11.4 Å². The maximum atomic E-state index is 11.1. The quantitative estimate of drug-likeness (QED) is 0.565. The number of nitrogen functional groups attached to an aromatic ring is 1. The molecule has 3 aromatic rings. The third-order valence-electron chi connectivity index (χ3n) is 2.78. The van der Waals surface area contributed by atoms with Gasteiger partial charge in [0.2, 0.25) is 5.95 Å². The highest BCUT2D eigenvalue weighted by Gasteiger charge is 2.22. The Bertz CT molecular complexity index is 800. The molecule has 3 rings (SSSR count). The number of hydrogen-bond acceptors (Lipinski definition) is 7. The summed E-state index contributed by atoms with van der Waals surface area (Å²) in [6.45, 7) is 0. The Kier molecular flexibility index (Phi) is 2.99. The van der Waals surface area contributed by atoms with Crippen LogP contribution in [0.15, 0.2) is 42.7 Å². The van der Waals surface area contributed by atoms with E-state index >= 15 is 0 Å². The van der Waals surface area contributed by atoms with Gasteiger partial charge in [0, 0.05) is 0 Å². The molecule has 0 spiro atoms. The first kappa shape index (κ1) is 12.7. The lowest BCUT2D eigenvalue weighted by atomic mass is 10.2. The summed E-state index contributed by atoms with van der Waals surface area (Å²) >= 11 is 0. The number of para-hydroxylation sites is 1. The van der Waals surface area contributed by atoms with E-state index in [1.807, 2.05) is 18.2 Å². The van der Waals surface area contributed by atoms with Crippen LogP contribution in [0, 0.1) is 10.1 Å². The Labute approximate surface area is 118 Å². The van der Waals surface area contributed by atoms with E-state index in [2.05, 4.69) is 20.3 Å². The summed E-state index contributed by atoms with van der Waals surface area (Å²) in [6.07, 6.45) is 2.46. The van der Waals surface area contributed by atoms with Crippen molar-refractivity contribution < 1.29 is 4.92 Å². The SMILES string of the molecule is Nc1ncc([N+](=O)[O-])c(-c2cnnn2-c2ccccc2)n1. The minimum absolute atomic E-state index is 0.0589. The first-order valence-corrected chi connectivity index (χ1v) is 5.90. The highest BCUT2D eigenvalue weighted by atomic mass is 16.6. The van der Waals surface area contributed by atoms with E-state index in [1.165, 1.54) is 10.9 Å². The second kappa shape index (κ2) is 4.96. The van der Waals surface area contributed by atoms with Crippen LogP contribution < -0.4 is 5.73 Å². The summed E-state index contributed by atoms with van der Waals surface area (Å²) in [5.41, 5.74) is 6.41. The standard InChI is InChI=1S/C12H9N7O2/c13-12-14-6-10(19(20)21)11(16-12)9-7-15-17-18(9)8-4-2-1-3-5-8/h1-7H,(H2,13,14,16). The van der Waals surface area contributed by atoms with E-state index in [0.717, 1.165) is 6.20 Å². The van der Waals surface area contributed by atoms with Gasteiger partial charge < -0.3 is 5.73 Å². The topological polar surface area (TPSA) is 126 Å². The van der Waals surface area contributed by atoms with E-state index in [4.69, 9.17) is 5.73 Å². The molecule has 2 aromatic heterocycles. The van der Waals surface area contributed by atoms with E-state index in [1.54, 1.807) is 12.1 Å². The van der Waals surface area contributed by atoms with Crippen LogP contribution in [-0.4, -0.2) is 29.9 Å². The van der Waals surface area contributed by atoms with Crippen LogP contribution >= 0.6 is 0 Å². The highest BCUT2D eigenvalue weighted by molar-refractivity contribution is 5.67. The maximum Gasteiger partial charge on any atom is 0.315 e. The molecule has 0 aliphatic carbocycles. The van der Waals surface area contributed by atoms with Crippen LogP contribution in [0.3, 0.4) is 0 Å². The molecule has 0 bridgehead atoms. The molecule has 0 unspecified atom stereocenters. The molecule has 0 amide bonds. The average molecular weight is 283 g/mol. The molecule has 9 heteroatoms. The van der Waals surface area contributed by atoms with Gasteiger partial charge in [-0.05, 0) is 12.1 Å². The number of nitro groups is 1. The van der Waals surface area contributed by atoms with Gasteiger partial charge in [0.25, 0.3) is 0 Å². The molecule has 2 N–H and O–H groups in total. The average Bonchev–Trinajstić information content (AvgIpc) is 2.97. The van der Waals surface area contributed by atoms with Crippen molar-refractivity contribution in [1.29, 1.82) is 0 Å². The van der Waals surface area contributed by atoms with Crippen LogP contribution in [-0.2, 0) is 0 Å². The Hall–Kier alpha value is -3.36. The molecule has 2 heterocycles. The Morgan fingerprint density at radius 3 is 2.67 bits per heavy atom. The van der Waals surface area contributed by atoms with E-state index in [-0.39, 0.29) is 17.3 Å². The molecule has 0 atom stereocenters. The van der Waals surface area contributed by atoms with Gasteiger partial charge in [-0.25, -0.2) is 14.6 Å². The van der Waals surface area contributed by atoms with Crippen molar-refractivity contribution in [3.8, 4) is 17.1 Å². The van der Waals surface area contributed by atoms with Crippen LogP contribution in [0.25, 0.3) is 17.1 Å². The summed E-state index contributed by atoms with van der Waals surface area (Å²) in [5, 5.41) is 18.8. The van der Waals surface area contributed by atoms with Crippen molar-refractivity contribution in [1.82, 2.24) is 25.0 Å². The summed E-state index contributed by atoms with van der Waals surface area (Å²) in [6, 6.07) is 9.10. The number of nitrogens with two attached hydrogens (primary N) is 1. The number of benzene rings is 1. The predicted molar refractivity (Wildman–Crippen MR) is 73.5 cm³/mol. The van der Waals surface area contributed by atoms with Crippen LogP contribution in [0.1, 0.15) is 0 Å². The fourth-order valence-corrected chi connectivity index (χ4v) is 1.87. The van der Waals surface area contributed by atoms with Crippen molar-refractivity contribution in [3.63, 3.8) is 0 Å². The molecular weight excluding hydrogens is 274 g/mol. The van der Waals surface area contributed by atoms with Gasteiger partial charge in [0.05, 0.1) is 16.8 Å². The lowest BCUT2D eigenvalue weighted by Crippen LogP contribution is -2.05. The summed E-state index contributed by atoms with van der Waals surface area (Å²) < 4.78 is 1.45. The van der Waals surface area contributed by atoms with Crippen molar-refractivity contribution in [2.45, 2.75) is 0 Å². The summed E-state index contributed by atoms with van der Waals surface area (Å²) in [7, 11) is 0. The lowest BCUT2D eigenvalue weighted by molar-refractivity contribution is -0.384. The number of anilines is 1. The maximum absolute atomic E-state index is 11.1. The van der Waals surface area contributed by atoms with Crippen LogP contribution in [0.2, 0.25) is 0 Å². The van der Waals surface area contributed by atoms with Crippen molar-refractivity contribution in [2.75, 3.05) is 5.73 Å². The zero-order chi connectivity index (χ0) is 14.8. The molecule has 0 fully saturated rings. The summed E-state index contributed by atoms with van der Waals surface area (Å²) in [4.78, 5) is 18.1. The number of aromatic nitrogens is 5. The molecule has 0 aliphatic heterocycles. The molecule has 0 aliphatic rings. The second-order valence-electron chi connectivity index (χ2n) is 4.09. The third kappa shape index (κ3) is 2.27.